The van der Waals surface area contributed by atoms with Crippen molar-refractivity contribution in [3.05, 3.63) is 65.9 Å². The highest BCUT2D eigenvalue weighted by atomic mass is 19.1. The molecule has 25 heavy (non-hydrogen) atoms. The minimum absolute atomic E-state index is 0.211. The second-order valence-electron chi connectivity index (χ2n) is 6.66. The van der Waals surface area contributed by atoms with E-state index in [1.807, 2.05) is 18.3 Å². The molecule has 3 nitrogen and oxygen atoms in total. The number of rotatable bonds is 5. The number of hydrogen-bond donors (Lipinski definition) is 2. The van der Waals surface area contributed by atoms with E-state index in [1.165, 1.54) is 23.8 Å². The number of H-pyrrole nitrogens is 1. The Morgan fingerprint density at radius 1 is 1.12 bits per heavy atom. The predicted molar refractivity (Wildman–Crippen MR) is 96.9 cm³/mol. The molecule has 0 spiro atoms. The third-order valence-corrected chi connectivity index (χ3v) is 4.97. The second-order valence-corrected chi connectivity index (χ2v) is 6.66. The van der Waals surface area contributed by atoms with Gasteiger partial charge in [-0.1, -0.05) is 6.07 Å². The highest BCUT2D eigenvalue weighted by molar-refractivity contribution is 5.83. The Bertz CT molecular complexity index is 874. The van der Waals surface area contributed by atoms with Crippen molar-refractivity contribution in [2.45, 2.75) is 12.3 Å². The number of aromatic amines is 1. The number of aromatic nitrogens is 1. The summed E-state index contributed by atoms with van der Waals surface area (Å²) in [7, 11) is 0. The number of hydrogen-bond acceptors (Lipinski definition) is 2. The number of nitrogens with one attached hydrogen (secondary N) is 2. The minimum Gasteiger partial charge on any atom is -0.384 e. The zero-order valence-corrected chi connectivity index (χ0v) is 13.9. The van der Waals surface area contributed by atoms with Gasteiger partial charge in [-0.2, -0.15) is 0 Å². The molecule has 130 valence electrons. The molecule has 0 aliphatic carbocycles. The van der Waals surface area contributed by atoms with Crippen LogP contribution in [-0.2, 0) is 0 Å². The van der Waals surface area contributed by atoms with Crippen molar-refractivity contribution in [3.8, 4) is 0 Å². The second kappa shape index (κ2) is 6.84. The highest BCUT2D eigenvalue weighted by Gasteiger charge is 2.25. The van der Waals surface area contributed by atoms with Gasteiger partial charge < -0.3 is 15.2 Å². The minimum atomic E-state index is -0.220. The molecule has 2 aromatic carbocycles. The van der Waals surface area contributed by atoms with Gasteiger partial charge in [-0.3, -0.25) is 0 Å². The maximum absolute atomic E-state index is 13.3. The monoisotopic (exact) mass is 341 g/mol. The van der Waals surface area contributed by atoms with Crippen LogP contribution in [0.1, 0.15) is 17.9 Å². The van der Waals surface area contributed by atoms with Crippen LogP contribution in [0.4, 0.5) is 14.5 Å². The Morgan fingerprint density at radius 2 is 2.00 bits per heavy atom. The van der Waals surface area contributed by atoms with Crippen molar-refractivity contribution in [2.24, 2.45) is 0 Å². The van der Waals surface area contributed by atoms with Crippen LogP contribution < -0.4 is 5.32 Å². The van der Waals surface area contributed by atoms with E-state index in [4.69, 9.17) is 0 Å². The Labute approximate surface area is 145 Å². The molecule has 5 heteroatoms. The molecule has 2 heterocycles. The molecule has 0 bridgehead atoms. The molecule has 1 aliphatic heterocycles. The Kier molecular flexibility index (Phi) is 4.40. The van der Waals surface area contributed by atoms with E-state index in [1.54, 1.807) is 12.1 Å². The van der Waals surface area contributed by atoms with E-state index < -0.39 is 0 Å². The molecule has 4 rings (SSSR count). The topological polar surface area (TPSA) is 31.1 Å². The Balaban J connectivity index is 1.35. The highest BCUT2D eigenvalue weighted by Crippen LogP contribution is 2.32. The van der Waals surface area contributed by atoms with Crippen LogP contribution in [0, 0.1) is 11.6 Å². The molecule has 1 atom stereocenters. The van der Waals surface area contributed by atoms with Gasteiger partial charge in [-0.15, -0.1) is 0 Å². The van der Waals surface area contributed by atoms with Gasteiger partial charge in [0.15, 0.2) is 0 Å². The van der Waals surface area contributed by atoms with Crippen LogP contribution in [0.15, 0.2) is 48.7 Å². The largest absolute Gasteiger partial charge is 0.384 e. The number of anilines is 1. The lowest BCUT2D eigenvalue weighted by Gasteiger charge is -2.17. The van der Waals surface area contributed by atoms with E-state index in [9.17, 15) is 8.78 Å². The molecule has 2 N–H and O–H groups in total. The fourth-order valence-electron chi connectivity index (χ4n) is 3.71. The predicted octanol–water partition coefficient (Wildman–Crippen LogP) is 4.35. The number of nitrogens with zero attached hydrogens (tertiary/aromatic N) is 1. The first kappa shape index (κ1) is 16.1. The molecule has 0 amide bonds. The van der Waals surface area contributed by atoms with Crippen molar-refractivity contribution < 1.29 is 8.78 Å². The van der Waals surface area contributed by atoms with E-state index in [0.29, 0.717) is 5.92 Å². The van der Waals surface area contributed by atoms with Crippen molar-refractivity contribution in [1.82, 2.24) is 9.88 Å². The average Bonchev–Trinajstić information content (AvgIpc) is 3.21. The van der Waals surface area contributed by atoms with Gasteiger partial charge in [0.25, 0.3) is 0 Å². The summed E-state index contributed by atoms with van der Waals surface area (Å²) in [6, 6.07) is 11.5. The first-order chi connectivity index (χ1) is 12.2. The quantitative estimate of drug-likeness (QED) is 0.723. The summed E-state index contributed by atoms with van der Waals surface area (Å²) in [6.07, 6.45) is 3.12. The first-order valence-corrected chi connectivity index (χ1v) is 8.67. The molecule has 1 aromatic heterocycles. The summed E-state index contributed by atoms with van der Waals surface area (Å²) < 4.78 is 26.5. The van der Waals surface area contributed by atoms with Gasteiger partial charge in [0.1, 0.15) is 11.6 Å². The van der Waals surface area contributed by atoms with Crippen LogP contribution in [0.5, 0.6) is 0 Å². The number of halogens is 2. The zero-order valence-electron chi connectivity index (χ0n) is 13.9. The smallest absolute Gasteiger partial charge is 0.125 e. The van der Waals surface area contributed by atoms with Gasteiger partial charge in [0.05, 0.1) is 0 Å². The van der Waals surface area contributed by atoms with E-state index in [2.05, 4.69) is 15.2 Å². The molecule has 1 unspecified atom stereocenters. The van der Waals surface area contributed by atoms with Gasteiger partial charge in [-0.05, 0) is 60.8 Å². The Hall–Kier alpha value is -2.40. The van der Waals surface area contributed by atoms with E-state index in [-0.39, 0.29) is 11.6 Å². The average molecular weight is 341 g/mol. The van der Waals surface area contributed by atoms with Gasteiger partial charge in [0.2, 0.25) is 0 Å². The maximum atomic E-state index is 13.3. The van der Waals surface area contributed by atoms with Crippen molar-refractivity contribution >= 4 is 16.6 Å². The maximum Gasteiger partial charge on any atom is 0.125 e. The van der Waals surface area contributed by atoms with Gasteiger partial charge >= 0.3 is 0 Å². The van der Waals surface area contributed by atoms with E-state index in [0.717, 1.165) is 49.2 Å². The van der Waals surface area contributed by atoms with Crippen molar-refractivity contribution in [3.63, 3.8) is 0 Å². The molecule has 1 saturated heterocycles. The van der Waals surface area contributed by atoms with Crippen LogP contribution in [-0.4, -0.2) is 36.1 Å². The summed E-state index contributed by atoms with van der Waals surface area (Å²) in [5.74, 6) is 0.0350. The standard InChI is InChI=1S/C20H21F2N3/c21-15-2-1-3-17(10-15)23-7-9-25-8-6-14(13-25)19-12-24-20-11-16(22)4-5-18(19)20/h1-5,10-12,14,23-24H,6-9,13H2. The lowest BCUT2D eigenvalue weighted by atomic mass is 9.98. The number of benzene rings is 2. The summed E-state index contributed by atoms with van der Waals surface area (Å²) in [4.78, 5) is 5.60. The lowest BCUT2D eigenvalue weighted by Crippen LogP contribution is -2.26. The molecule has 3 aromatic rings. The molecule has 0 saturated carbocycles. The van der Waals surface area contributed by atoms with Crippen LogP contribution >= 0.6 is 0 Å². The molecular weight excluding hydrogens is 320 g/mol. The zero-order chi connectivity index (χ0) is 17.2. The summed E-state index contributed by atoms with van der Waals surface area (Å²) in [5, 5.41) is 4.39. The third-order valence-electron chi connectivity index (χ3n) is 4.97. The third kappa shape index (κ3) is 3.51. The van der Waals surface area contributed by atoms with Crippen LogP contribution in [0.2, 0.25) is 0 Å². The van der Waals surface area contributed by atoms with Gasteiger partial charge in [-0.25, -0.2) is 8.78 Å². The summed E-state index contributed by atoms with van der Waals surface area (Å²) in [6.45, 7) is 3.75. The fourth-order valence-corrected chi connectivity index (χ4v) is 3.71. The number of likely N-dealkylation sites (tertiary alicyclic amines) is 1. The van der Waals surface area contributed by atoms with Crippen LogP contribution in [0.3, 0.4) is 0 Å². The lowest BCUT2D eigenvalue weighted by molar-refractivity contribution is 0.348. The van der Waals surface area contributed by atoms with Crippen molar-refractivity contribution in [2.75, 3.05) is 31.5 Å². The first-order valence-electron chi connectivity index (χ1n) is 8.67. The normalized spacial score (nSPS) is 18.1. The summed E-state index contributed by atoms with van der Waals surface area (Å²) in [5.41, 5.74) is 2.95. The fraction of sp³-hybridized carbons (Fsp3) is 0.300. The SMILES string of the molecule is Fc1cccc(NCCN2CCC(c3c[nH]c4cc(F)ccc34)C2)c1. The molecule has 1 aliphatic rings. The van der Waals surface area contributed by atoms with Crippen molar-refractivity contribution in [1.29, 1.82) is 0 Å². The summed E-state index contributed by atoms with van der Waals surface area (Å²) >= 11 is 0. The molecular formula is C20H21F2N3. The van der Waals surface area contributed by atoms with Gasteiger partial charge in [0, 0.05) is 42.4 Å². The number of fused-ring (bicyclic) bond motifs is 1. The Morgan fingerprint density at radius 3 is 2.88 bits per heavy atom. The molecule has 0 radical (unpaired) electrons. The van der Waals surface area contributed by atoms with E-state index >= 15 is 0 Å². The molecule has 1 fully saturated rings. The van der Waals surface area contributed by atoms with Crippen LogP contribution in [0.25, 0.3) is 10.9 Å².